The number of carbonyl (C=O) groups excluding carboxylic acids is 1. The fourth-order valence-corrected chi connectivity index (χ4v) is 6.69. The monoisotopic (exact) mass is 500 g/mol. The standard InChI is InChI=1S/C25H32N4O3S2/c1-5-16(4)29(25(31)32)13-11-21(30)27-24-22(23-26-18-8-6-7-9-19(18)33-23)17-10-12-28(15(2)3)14-20(17)34-24/h6-9,15-16H,5,10-14H2,1-4H3,(H,27,30)(H,31,32). The van der Waals surface area contributed by atoms with Crippen LogP contribution in [0.5, 0.6) is 0 Å². The van der Waals surface area contributed by atoms with E-state index in [1.54, 1.807) is 22.7 Å². The van der Waals surface area contributed by atoms with Gasteiger partial charge in [-0.2, -0.15) is 0 Å². The molecular weight excluding hydrogens is 468 g/mol. The van der Waals surface area contributed by atoms with Crippen LogP contribution >= 0.6 is 22.7 Å². The lowest BCUT2D eigenvalue weighted by atomic mass is 10.0. The van der Waals surface area contributed by atoms with Crippen LogP contribution in [0.2, 0.25) is 0 Å². The molecule has 182 valence electrons. The Labute approximate surface area is 208 Å². The number of para-hydroxylation sites is 1. The summed E-state index contributed by atoms with van der Waals surface area (Å²) >= 11 is 3.28. The number of thiazole rings is 1. The summed E-state index contributed by atoms with van der Waals surface area (Å²) in [6.45, 7) is 10.3. The van der Waals surface area contributed by atoms with Gasteiger partial charge < -0.3 is 15.3 Å². The predicted octanol–water partition coefficient (Wildman–Crippen LogP) is 5.90. The summed E-state index contributed by atoms with van der Waals surface area (Å²) in [5.74, 6) is -0.170. The number of amides is 2. The smallest absolute Gasteiger partial charge is 0.407 e. The predicted molar refractivity (Wildman–Crippen MR) is 140 cm³/mol. The van der Waals surface area contributed by atoms with E-state index in [0.29, 0.717) is 12.5 Å². The van der Waals surface area contributed by atoms with Crippen LogP contribution in [0, 0.1) is 0 Å². The van der Waals surface area contributed by atoms with Crippen molar-refractivity contribution in [1.29, 1.82) is 0 Å². The molecule has 0 spiro atoms. The van der Waals surface area contributed by atoms with E-state index in [1.165, 1.54) is 15.3 Å². The zero-order valence-electron chi connectivity index (χ0n) is 20.1. The first kappa shape index (κ1) is 24.6. The molecule has 1 aliphatic heterocycles. The number of carbonyl (C=O) groups is 2. The Kier molecular flexibility index (Phi) is 7.54. The summed E-state index contributed by atoms with van der Waals surface area (Å²) in [7, 11) is 0. The number of fused-ring (bicyclic) bond motifs is 2. The van der Waals surface area contributed by atoms with Gasteiger partial charge in [-0.15, -0.1) is 22.7 Å². The maximum Gasteiger partial charge on any atom is 0.407 e. The van der Waals surface area contributed by atoms with E-state index in [-0.39, 0.29) is 24.9 Å². The van der Waals surface area contributed by atoms with Crippen LogP contribution in [0.15, 0.2) is 24.3 Å². The van der Waals surface area contributed by atoms with Crippen LogP contribution in [-0.4, -0.2) is 57.1 Å². The number of benzene rings is 1. The third-order valence-electron chi connectivity index (χ3n) is 6.53. The maximum atomic E-state index is 12.9. The first-order valence-corrected chi connectivity index (χ1v) is 13.5. The van der Waals surface area contributed by atoms with E-state index in [4.69, 9.17) is 4.98 Å². The molecule has 1 aromatic carbocycles. The molecule has 34 heavy (non-hydrogen) atoms. The average molecular weight is 501 g/mol. The van der Waals surface area contributed by atoms with Gasteiger partial charge in [0.05, 0.1) is 10.2 Å². The highest BCUT2D eigenvalue weighted by Crippen LogP contribution is 2.45. The maximum absolute atomic E-state index is 12.9. The molecule has 9 heteroatoms. The first-order valence-electron chi connectivity index (χ1n) is 11.8. The van der Waals surface area contributed by atoms with Gasteiger partial charge in [0.25, 0.3) is 0 Å². The quantitative estimate of drug-likeness (QED) is 0.402. The van der Waals surface area contributed by atoms with E-state index < -0.39 is 6.09 Å². The first-order chi connectivity index (χ1) is 16.3. The van der Waals surface area contributed by atoms with Gasteiger partial charge in [-0.1, -0.05) is 19.1 Å². The number of hydrogen-bond donors (Lipinski definition) is 2. The number of nitrogens with zero attached hydrogens (tertiary/aromatic N) is 3. The van der Waals surface area contributed by atoms with E-state index in [1.807, 2.05) is 32.0 Å². The van der Waals surface area contributed by atoms with Crippen molar-refractivity contribution in [3.05, 3.63) is 34.7 Å². The Morgan fingerprint density at radius 3 is 2.68 bits per heavy atom. The van der Waals surface area contributed by atoms with Gasteiger partial charge in [0.1, 0.15) is 10.0 Å². The molecule has 0 saturated heterocycles. The normalized spacial score (nSPS) is 14.9. The lowest BCUT2D eigenvalue weighted by molar-refractivity contribution is -0.116. The average Bonchev–Trinajstić information content (AvgIpc) is 3.38. The van der Waals surface area contributed by atoms with Gasteiger partial charge >= 0.3 is 6.09 Å². The van der Waals surface area contributed by atoms with E-state index in [0.717, 1.165) is 45.3 Å². The summed E-state index contributed by atoms with van der Waals surface area (Å²) < 4.78 is 1.12. The Hall–Kier alpha value is -2.49. The van der Waals surface area contributed by atoms with Gasteiger partial charge in [0.15, 0.2) is 0 Å². The van der Waals surface area contributed by atoms with Crippen molar-refractivity contribution in [3.8, 4) is 10.6 Å². The number of rotatable bonds is 8. The van der Waals surface area contributed by atoms with Gasteiger partial charge in [0, 0.05) is 48.6 Å². The van der Waals surface area contributed by atoms with Gasteiger partial charge in [-0.3, -0.25) is 9.69 Å². The Balaban J connectivity index is 1.62. The molecular formula is C25H32N4O3S2. The second-order valence-corrected chi connectivity index (χ2v) is 11.2. The SMILES string of the molecule is CCC(C)N(CCC(=O)Nc1sc2c(c1-c1nc3ccccc3s1)CCN(C(C)C)C2)C(=O)O. The second-order valence-electron chi connectivity index (χ2n) is 9.04. The van der Waals surface area contributed by atoms with Crippen molar-refractivity contribution in [2.45, 2.75) is 65.6 Å². The minimum atomic E-state index is -0.988. The van der Waals surface area contributed by atoms with Gasteiger partial charge in [0.2, 0.25) is 5.91 Å². The molecule has 1 unspecified atom stereocenters. The van der Waals surface area contributed by atoms with Crippen LogP contribution in [-0.2, 0) is 17.8 Å². The third-order valence-corrected chi connectivity index (χ3v) is 8.71. The molecule has 3 heterocycles. The number of hydrogen-bond acceptors (Lipinski definition) is 6. The molecule has 0 bridgehead atoms. The van der Waals surface area contributed by atoms with Crippen LogP contribution in [0.4, 0.5) is 9.80 Å². The summed E-state index contributed by atoms with van der Waals surface area (Å²) in [6.07, 6.45) is 0.764. The number of anilines is 1. The molecule has 3 aromatic rings. The number of aromatic nitrogens is 1. The summed E-state index contributed by atoms with van der Waals surface area (Å²) in [4.78, 5) is 34.5. The lowest BCUT2D eigenvalue weighted by Gasteiger charge is -2.30. The van der Waals surface area contributed by atoms with Crippen molar-refractivity contribution in [2.75, 3.05) is 18.4 Å². The van der Waals surface area contributed by atoms with E-state index >= 15 is 0 Å². The highest BCUT2D eigenvalue weighted by Gasteiger charge is 2.29. The van der Waals surface area contributed by atoms with Crippen LogP contribution in [0.25, 0.3) is 20.8 Å². The third kappa shape index (κ3) is 5.11. The summed E-state index contributed by atoms with van der Waals surface area (Å²) in [5.41, 5.74) is 3.28. The highest BCUT2D eigenvalue weighted by molar-refractivity contribution is 7.22. The Bertz CT molecular complexity index is 1150. The van der Waals surface area contributed by atoms with E-state index in [2.05, 4.69) is 30.1 Å². The minimum Gasteiger partial charge on any atom is -0.465 e. The molecule has 0 fully saturated rings. The molecule has 0 saturated carbocycles. The number of nitrogens with one attached hydrogen (secondary N) is 1. The van der Waals surface area contributed by atoms with Gasteiger partial charge in [-0.05, 0) is 51.3 Å². The van der Waals surface area contributed by atoms with Crippen molar-refractivity contribution in [3.63, 3.8) is 0 Å². The van der Waals surface area contributed by atoms with Crippen molar-refractivity contribution in [2.24, 2.45) is 0 Å². The lowest BCUT2D eigenvalue weighted by Crippen LogP contribution is -2.39. The molecule has 4 rings (SSSR count). The zero-order valence-corrected chi connectivity index (χ0v) is 21.8. The molecule has 2 N–H and O–H groups in total. The summed E-state index contributed by atoms with van der Waals surface area (Å²) in [6, 6.07) is 8.43. The van der Waals surface area contributed by atoms with Crippen molar-refractivity contribution >= 4 is 49.9 Å². The van der Waals surface area contributed by atoms with Crippen molar-refractivity contribution < 1.29 is 14.7 Å². The largest absolute Gasteiger partial charge is 0.465 e. The highest BCUT2D eigenvalue weighted by atomic mass is 32.1. The molecule has 2 aromatic heterocycles. The van der Waals surface area contributed by atoms with Crippen molar-refractivity contribution in [1.82, 2.24) is 14.8 Å². The Morgan fingerprint density at radius 1 is 1.24 bits per heavy atom. The van der Waals surface area contributed by atoms with Gasteiger partial charge in [-0.25, -0.2) is 9.78 Å². The number of carboxylic acid groups (broad SMARTS) is 1. The number of thiophene rings is 1. The fraction of sp³-hybridized carbons (Fsp3) is 0.480. The molecule has 1 atom stereocenters. The van der Waals surface area contributed by atoms with E-state index in [9.17, 15) is 14.7 Å². The molecule has 2 amide bonds. The molecule has 7 nitrogen and oxygen atoms in total. The van der Waals surface area contributed by atoms with Crippen LogP contribution in [0.3, 0.4) is 0 Å². The summed E-state index contributed by atoms with van der Waals surface area (Å²) in [5, 5.41) is 14.4. The molecule has 1 aliphatic rings. The second kappa shape index (κ2) is 10.4. The topological polar surface area (TPSA) is 85.8 Å². The molecule has 0 aliphatic carbocycles. The Morgan fingerprint density at radius 2 is 2.00 bits per heavy atom. The molecule has 0 radical (unpaired) electrons. The van der Waals surface area contributed by atoms with Crippen LogP contribution in [0.1, 0.15) is 51.0 Å². The fourth-order valence-electron chi connectivity index (χ4n) is 4.29. The minimum absolute atomic E-state index is 0.122. The zero-order chi connectivity index (χ0) is 24.4. The van der Waals surface area contributed by atoms with Crippen LogP contribution < -0.4 is 5.32 Å².